The minimum absolute atomic E-state index is 0.783. The van der Waals surface area contributed by atoms with Crippen molar-refractivity contribution in [1.82, 2.24) is 25.5 Å². The van der Waals surface area contributed by atoms with E-state index in [4.69, 9.17) is 0 Å². The molecule has 1 saturated carbocycles. The van der Waals surface area contributed by atoms with Gasteiger partial charge in [0.2, 0.25) is 0 Å². The molecule has 0 amide bonds. The molecule has 0 radical (unpaired) electrons. The molecule has 1 heterocycles. The third-order valence-electron chi connectivity index (χ3n) is 3.54. The van der Waals surface area contributed by atoms with Crippen LogP contribution in [0.25, 0.3) is 0 Å². The van der Waals surface area contributed by atoms with Crippen molar-refractivity contribution >= 4 is 0 Å². The second-order valence-electron chi connectivity index (χ2n) is 4.93. The number of hydrogen-bond acceptors (Lipinski definition) is 4. The second-order valence-corrected chi connectivity index (χ2v) is 4.93. The van der Waals surface area contributed by atoms with Gasteiger partial charge >= 0.3 is 0 Å². The first kappa shape index (κ1) is 12.5. The van der Waals surface area contributed by atoms with Crippen LogP contribution in [0.2, 0.25) is 0 Å². The number of rotatable bonds is 7. The normalized spacial score (nSPS) is 16.8. The molecule has 1 N–H and O–H groups in total. The maximum atomic E-state index is 4.07. The maximum absolute atomic E-state index is 4.07. The highest BCUT2D eigenvalue weighted by Gasteiger charge is 2.15. The molecule has 0 unspecified atom stereocenters. The molecule has 1 fully saturated rings. The highest BCUT2D eigenvalue weighted by molar-refractivity contribution is 4.80. The Morgan fingerprint density at radius 1 is 1.35 bits per heavy atom. The Hall–Kier alpha value is -0.970. The summed E-state index contributed by atoms with van der Waals surface area (Å²) in [6.07, 6.45) is 7.98. The quantitative estimate of drug-likeness (QED) is 0.734. The van der Waals surface area contributed by atoms with Gasteiger partial charge in [-0.25, -0.2) is 4.68 Å². The molecule has 5 heteroatoms. The van der Waals surface area contributed by atoms with Crippen LogP contribution in [0.1, 0.15) is 51.3 Å². The van der Waals surface area contributed by atoms with E-state index in [1.54, 1.807) is 0 Å². The molecular formula is C12H23N5. The molecule has 0 aromatic carbocycles. The molecule has 2 rings (SSSR count). The van der Waals surface area contributed by atoms with Crippen LogP contribution in [0.4, 0.5) is 0 Å². The van der Waals surface area contributed by atoms with Gasteiger partial charge in [-0.15, -0.1) is 5.10 Å². The molecule has 96 valence electrons. The van der Waals surface area contributed by atoms with E-state index in [2.05, 4.69) is 27.8 Å². The fourth-order valence-electron chi connectivity index (χ4n) is 2.50. The lowest BCUT2D eigenvalue weighted by Crippen LogP contribution is -2.18. The molecule has 0 spiro atoms. The molecule has 0 bridgehead atoms. The third kappa shape index (κ3) is 3.77. The van der Waals surface area contributed by atoms with Crippen LogP contribution in [0.5, 0.6) is 0 Å². The number of aromatic nitrogens is 4. The molecule has 0 atom stereocenters. The predicted octanol–water partition coefficient (Wildman–Crippen LogP) is 1.75. The Morgan fingerprint density at radius 3 is 2.94 bits per heavy atom. The molecular weight excluding hydrogens is 214 g/mol. The molecule has 1 aromatic rings. The van der Waals surface area contributed by atoms with E-state index < -0.39 is 0 Å². The zero-order valence-electron chi connectivity index (χ0n) is 10.7. The molecule has 1 aliphatic carbocycles. The van der Waals surface area contributed by atoms with Crippen LogP contribution >= 0.6 is 0 Å². The average Bonchev–Trinajstić information content (AvgIpc) is 2.97. The number of hydrogen-bond donors (Lipinski definition) is 1. The topological polar surface area (TPSA) is 55.6 Å². The van der Waals surface area contributed by atoms with E-state index in [0.717, 1.165) is 37.8 Å². The van der Waals surface area contributed by atoms with Crippen molar-refractivity contribution in [3.05, 3.63) is 5.82 Å². The first-order valence-electron chi connectivity index (χ1n) is 6.86. The summed E-state index contributed by atoms with van der Waals surface area (Å²) in [5, 5.41) is 15.3. The van der Waals surface area contributed by atoms with E-state index in [-0.39, 0.29) is 0 Å². The summed E-state index contributed by atoms with van der Waals surface area (Å²) in [5.74, 6) is 1.87. The van der Waals surface area contributed by atoms with Gasteiger partial charge in [-0.05, 0) is 35.7 Å². The van der Waals surface area contributed by atoms with E-state index in [1.165, 1.54) is 32.1 Å². The van der Waals surface area contributed by atoms with E-state index >= 15 is 0 Å². The van der Waals surface area contributed by atoms with Crippen molar-refractivity contribution in [3.8, 4) is 0 Å². The predicted molar refractivity (Wildman–Crippen MR) is 66.4 cm³/mol. The van der Waals surface area contributed by atoms with Gasteiger partial charge in [-0.2, -0.15) is 0 Å². The Kier molecular flexibility index (Phi) is 4.91. The fourth-order valence-corrected chi connectivity index (χ4v) is 2.50. The van der Waals surface area contributed by atoms with Crippen molar-refractivity contribution in [3.63, 3.8) is 0 Å². The summed E-state index contributed by atoms with van der Waals surface area (Å²) in [5.41, 5.74) is 0. The van der Waals surface area contributed by atoms with Crippen LogP contribution in [0.3, 0.4) is 0 Å². The van der Waals surface area contributed by atoms with E-state index in [0.29, 0.717) is 0 Å². The first-order valence-corrected chi connectivity index (χ1v) is 6.86. The lowest BCUT2D eigenvalue weighted by Gasteiger charge is -2.09. The molecule has 0 aliphatic heterocycles. The first-order chi connectivity index (χ1) is 8.40. The Bertz CT molecular complexity index is 316. The zero-order valence-corrected chi connectivity index (χ0v) is 10.7. The van der Waals surface area contributed by atoms with Crippen LogP contribution in [0.15, 0.2) is 0 Å². The van der Waals surface area contributed by atoms with Crippen molar-refractivity contribution in [1.29, 1.82) is 0 Å². The summed E-state index contributed by atoms with van der Waals surface area (Å²) in [6, 6.07) is 0. The fraction of sp³-hybridized carbons (Fsp3) is 0.917. The number of aryl methyl sites for hydroxylation is 1. The van der Waals surface area contributed by atoms with Gasteiger partial charge in [-0.3, -0.25) is 0 Å². The van der Waals surface area contributed by atoms with Crippen LogP contribution in [0, 0.1) is 5.92 Å². The summed E-state index contributed by atoms with van der Waals surface area (Å²) in [7, 11) is 0. The number of tetrazole rings is 1. The third-order valence-corrected chi connectivity index (χ3v) is 3.54. The van der Waals surface area contributed by atoms with Crippen molar-refractivity contribution in [2.24, 2.45) is 5.92 Å². The average molecular weight is 237 g/mol. The Balaban J connectivity index is 1.76. The maximum Gasteiger partial charge on any atom is 0.165 e. The highest BCUT2D eigenvalue weighted by Crippen LogP contribution is 2.27. The van der Waals surface area contributed by atoms with Crippen LogP contribution < -0.4 is 5.32 Å². The number of nitrogens with zero attached hydrogens (tertiary/aromatic N) is 4. The van der Waals surface area contributed by atoms with Gasteiger partial charge in [0.15, 0.2) is 5.82 Å². The minimum Gasteiger partial charge on any atom is -0.310 e. The largest absolute Gasteiger partial charge is 0.310 e. The van der Waals surface area contributed by atoms with Crippen molar-refractivity contribution < 1.29 is 0 Å². The zero-order chi connectivity index (χ0) is 11.9. The summed E-state index contributed by atoms with van der Waals surface area (Å²) in [6.45, 7) is 4.94. The van der Waals surface area contributed by atoms with E-state index in [9.17, 15) is 0 Å². The van der Waals surface area contributed by atoms with Crippen LogP contribution in [-0.4, -0.2) is 26.8 Å². The molecule has 5 nitrogen and oxygen atoms in total. The van der Waals surface area contributed by atoms with Crippen molar-refractivity contribution in [2.75, 3.05) is 6.54 Å². The van der Waals surface area contributed by atoms with Crippen molar-refractivity contribution in [2.45, 2.75) is 58.5 Å². The van der Waals surface area contributed by atoms with Gasteiger partial charge in [0.25, 0.3) is 0 Å². The molecule has 1 aromatic heterocycles. The molecule has 1 aliphatic rings. The van der Waals surface area contributed by atoms with E-state index in [1.807, 2.05) is 4.68 Å². The van der Waals surface area contributed by atoms with Gasteiger partial charge in [0.05, 0.1) is 6.54 Å². The number of nitrogens with one attached hydrogen (secondary N) is 1. The Morgan fingerprint density at radius 2 is 2.18 bits per heavy atom. The summed E-state index contributed by atoms with van der Waals surface area (Å²) in [4.78, 5) is 0. The molecule has 0 saturated heterocycles. The molecule has 17 heavy (non-hydrogen) atoms. The second kappa shape index (κ2) is 6.69. The van der Waals surface area contributed by atoms with Gasteiger partial charge in [0.1, 0.15) is 0 Å². The van der Waals surface area contributed by atoms with Gasteiger partial charge < -0.3 is 5.32 Å². The summed E-state index contributed by atoms with van der Waals surface area (Å²) >= 11 is 0. The monoisotopic (exact) mass is 237 g/mol. The van der Waals surface area contributed by atoms with Gasteiger partial charge in [-0.1, -0.05) is 32.6 Å². The SMILES string of the molecule is CCCNCc1nnnn1CCC1CCCC1. The standard InChI is InChI=1S/C12H23N5/c1-2-8-13-10-12-14-15-16-17(12)9-7-11-5-3-4-6-11/h11,13H,2-10H2,1H3. The van der Waals surface area contributed by atoms with Crippen LogP contribution in [-0.2, 0) is 13.1 Å². The lowest BCUT2D eigenvalue weighted by molar-refractivity contribution is 0.423. The minimum atomic E-state index is 0.783. The smallest absolute Gasteiger partial charge is 0.165 e. The Labute approximate surface area is 103 Å². The van der Waals surface area contributed by atoms with Gasteiger partial charge in [0, 0.05) is 6.54 Å². The lowest BCUT2D eigenvalue weighted by atomic mass is 10.0. The highest BCUT2D eigenvalue weighted by atomic mass is 15.5. The summed E-state index contributed by atoms with van der Waals surface area (Å²) < 4.78 is 1.96.